The topological polar surface area (TPSA) is 20.3 Å². The first-order chi connectivity index (χ1) is 8.32. The normalized spacial score (nSPS) is 12.6. The van der Waals surface area contributed by atoms with E-state index >= 15 is 0 Å². The second kappa shape index (κ2) is 6.23. The number of rotatable bonds is 4. The number of benzene rings is 1. The van der Waals surface area contributed by atoms with Gasteiger partial charge in [-0.25, -0.2) is 4.39 Å². The molecular formula is C14H20FNOS. The molecule has 0 aliphatic rings. The minimum absolute atomic E-state index is 0.0987. The molecule has 0 N–H and O–H groups in total. The van der Waals surface area contributed by atoms with E-state index in [0.29, 0.717) is 11.5 Å². The van der Waals surface area contributed by atoms with Crippen molar-refractivity contribution in [3.8, 4) is 0 Å². The van der Waals surface area contributed by atoms with E-state index in [1.54, 1.807) is 11.9 Å². The van der Waals surface area contributed by atoms with Gasteiger partial charge in [-0.1, -0.05) is 13.8 Å². The third kappa shape index (κ3) is 3.73. The lowest BCUT2D eigenvalue weighted by molar-refractivity contribution is 0.0728. The van der Waals surface area contributed by atoms with Crippen molar-refractivity contribution in [2.75, 3.05) is 7.05 Å². The summed E-state index contributed by atoms with van der Waals surface area (Å²) in [6.45, 7) is 6.26. The Labute approximate surface area is 114 Å². The highest BCUT2D eigenvalue weighted by atomic mass is 32.1. The Morgan fingerprint density at radius 1 is 1.39 bits per heavy atom. The summed E-state index contributed by atoms with van der Waals surface area (Å²) in [5.74, 6) is 0.0233. The maximum atomic E-state index is 13.1. The number of thiol groups is 1. The highest BCUT2D eigenvalue weighted by Crippen LogP contribution is 2.17. The Bertz CT molecular complexity index is 434. The average Bonchev–Trinajstić information content (AvgIpc) is 2.30. The lowest BCUT2D eigenvalue weighted by atomic mass is 10.0. The summed E-state index contributed by atoms with van der Waals surface area (Å²) in [5, 5.41) is 0. The lowest BCUT2D eigenvalue weighted by Gasteiger charge is -2.26. The van der Waals surface area contributed by atoms with E-state index in [-0.39, 0.29) is 16.8 Å². The first-order valence-electron chi connectivity index (χ1n) is 6.08. The second-order valence-corrected chi connectivity index (χ2v) is 5.54. The van der Waals surface area contributed by atoms with Crippen LogP contribution in [0.3, 0.4) is 0 Å². The Morgan fingerprint density at radius 2 is 2.00 bits per heavy atom. The Hall–Kier alpha value is -1.03. The smallest absolute Gasteiger partial charge is 0.253 e. The van der Waals surface area contributed by atoms with E-state index in [0.717, 1.165) is 6.42 Å². The molecule has 1 amide bonds. The van der Waals surface area contributed by atoms with Crippen molar-refractivity contribution >= 4 is 18.5 Å². The molecule has 0 aliphatic carbocycles. The molecule has 0 saturated carbocycles. The third-order valence-electron chi connectivity index (χ3n) is 2.99. The van der Waals surface area contributed by atoms with Gasteiger partial charge >= 0.3 is 0 Å². The van der Waals surface area contributed by atoms with E-state index in [4.69, 9.17) is 0 Å². The highest BCUT2D eigenvalue weighted by Gasteiger charge is 2.18. The highest BCUT2D eigenvalue weighted by molar-refractivity contribution is 7.80. The van der Waals surface area contributed by atoms with Crippen LogP contribution in [0.5, 0.6) is 0 Å². The summed E-state index contributed by atoms with van der Waals surface area (Å²) >= 11 is 3.99. The minimum Gasteiger partial charge on any atom is -0.339 e. The molecule has 0 aromatic heterocycles. The van der Waals surface area contributed by atoms with E-state index in [1.807, 2.05) is 6.92 Å². The molecule has 0 heterocycles. The summed E-state index contributed by atoms with van der Waals surface area (Å²) in [6.07, 6.45) is 0.942. The van der Waals surface area contributed by atoms with Crippen molar-refractivity contribution in [2.45, 2.75) is 38.1 Å². The fourth-order valence-electron chi connectivity index (χ4n) is 1.89. The van der Waals surface area contributed by atoms with Crippen LogP contribution in [0.2, 0.25) is 0 Å². The molecule has 0 fully saturated rings. The number of nitrogens with zero attached hydrogens (tertiary/aromatic N) is 1. The van der Waals surface area contributed by atoms with Gasteiger partial charge in [-0.3, -0.25) is 4.79 Å². The molecule has 0 bridgehead atoms. The van der Waals surface area contributed by atoms with Crippen molar-refractivity contribution in [2.24, 2.45) is 5.92 Å². The number of hydrogen-bond donors (Lipinski definition) is 1. The summed E-state index contributed by atoms with van der Waals surface area (Å²) < 4.78 is 13.1. The number of hydrogen-bond acceptors (Lipinski definition) is 2. The van der Waals surface area contributed by atoms with Crippen LogP contribution in [-0.2, 0) is 0 Å². The first-order valence-corrected chi connectivity index (χ1v) is 6.53. The molecule has 18 heavy (non-hydrogen) atoms. The molecule has 1 aromatic rings. The van der Waals surface area contributed by atoms with Crippen molar-refractivity contribution in [1.82, 2.24) is 4.90 Å². The Kier molecular flexibility index (Phi) is 5.20. The summed E-state index contributed by atoms with van der Waals surface area (Å²) in [6, 6.07) is 4.40. The Morgan fingerprint density at radius 3 is 2.50 bits per heavy atom. The minimum atomic E-state index is -0.409. The zero-order chi connectivity index (χ0) is 13.9. The third-order valence-corrected chi connectivity index (χ3v) is 3.33. The van der Waals surface area contributed by atoms with Gasteiger partial charge in [0, 0.05) is 23.5 Å². The van der Waals surface area contributed by atoms with Gasteiger partial charge in [0.2, 0.25) is 0 Å². The molecule has 0 saturated heterocycles. The molecule has 4 heteroatoms. The van der Waals surface area contributed by atoms with Crippen molar-refractivity contribution in [3.05, 3.63) is 29.6 Å². The molecule has 1 unspecified atom stereocenters. The second-order valence-electron chi connectivity index (χ2n) is 5.06. The summed E-state index contributed by atoms with van der Waals surface area (Å²) in [4.78, 5) is 14.1. The molecule has 1 atom stereocenters. The standard InChI is InChI=1S/C14H20FNOS/c1-9(2)7-10(3)16(4)14(17)11-5-6-12(15)13(18)8-11/h5-6,8-10,18H,7H2,1-4H3. The molecule has 1 aromatic carbocycles. The van der Waals surface area contributed by atoms with Crippen LogP contribution in [0.4, 0.5) is 4.39 Å². The van der Waals surface area contributed by atoms with Gasteiger partial charge in [-0.05, 0) is 37.5 Å². The van der Waals surface area contributed by atoms with Gasteiger partial charge in [0.1, 0.15) is 5.82 Å². The predicted octanol–water partition coefficient (Wildman–Crippen LogP) is 3.62. The van der Waals surface area contributed by atoms with Crippen molar-refractivity contribution < 1.29 is 9.18 Å². The Balaban J connectivity index is 2.82. The fraction of sp³-hybridized carbons (Fsp3) is 0.500. The van der Waals surface area contributed by atoms with Gasteiger partial charge in [0.15, 0.2) is 0 Å². The van der Waals surface area contributed by atoms with Crippen LogP contribution in [0.15, 0.2) is 23.1 Å². The number of carbonyl (C=O) groups is 1. The van der Waals surface area contributed by atoms with Crippen molar-refractivity contribution in [1.29, 1.82) is 0 Å². The van der Waals surface area contributed by atoms with Crippen LogP contribution in [0, 0.1) is 11.7 Å². The largest absolute Gasteiger partial charge is 0.339 e. The monoisotopic (exact) mass is 269 g/mol. The van der Waals surface area contributed by atoms with Gasteiger partial charge < -0.3 is 4.90 Å². The molecule has 0 spiro atoms. The first kappa shape index (κ1) is 15.0. The zero-order valence-electron chi connectivity index (χ0n) is 11.3. The average molecular weight is 269 g/mol. The molecule has 2 nitrogen and oxygen atoms in total. The number of carbonyl (C=O) groups excluding carboxylic acids is 1. The maximum absolute atomic E-state index is 13.1. The summed E-state index contributed by atoms with van der Waals surface area (Å²) in [5.41, 5.74) is 0.472. The molecule has 0 aliphatic heterocycles. The van der Waals surface area contributed by atoms with Crippen LogP contribution in [-0.4, -0.2) is 23.9 Å². The predicted molar refractivity (Wildman–Crippen MR) is 74.7 cm³/mol. The maximum Gasteiger partial charge on any atom is 0.253 e. The van der Waals surface area contributed by atoms with Crippen LogP contribution in [0.1, 0.15) is 37.6 Å². The van der Waals surface area contributed by atoms with Crippen LogP contribution in [0.25, 0.3) is 0 Å². The van der Waals surface area contributed by atoms with E-state index < -0.39 is 5.82 Å². The van der Waals surface area contributed by atoms with E-state index in [9.17, 15) is 9.18 Å². The van der Waals surface area contributed by atoms with Crippen molar-refractivity contribution in [3.63, 3.8) is 0 Å². The lowest BCUT2D eigenvalue weighted by Crippen LogP contribution is -2.35. The summed E-state index contributed by atoms with van der Waals surface area (Å²) in [7, 11) is 1.77. The van der Waals surface area contributed by atoms with Crippen LogP contribution < -0.4 is 0 Å². The number of halogens is 1. The molecular weight excluding hydrogens is 249 g/mol. The molecule has 1 rings (SSSR count). The van der Waals surface area contributed by atoms with Gasteiger partial charge in [-0.2, -0.15) is 0 Å². The van der Waals surface area contributed by atoms with E-state index in [1.165, 1.54) is 18.2 Å². The number of amides is 1. The molecule has 0 radical (unpaired) electrons. The van der Waals surface area contributed by atoms with E-state index in [2.05, 4.69) is 26.5 Å². The SMILES string of the molecule is CC(C)CC(C)N(C)C(=O)c1ccc(F)c(S)c1. The zero-order valence-corrected chi connectivity index (χ0v) is 12.2. The fourth-order valence-corrected chi connectivity index (χ4v) is 2.10. The quantitative estimate of drug-likeness (QED) is 0.828. The molecule has 100 valence electrons. The van der Waals surface area contributed by atoms with Crippen LogP contribution >= 0.6 is 12.6 Å². The van der Waals surface area contributed by atoms with Gasteiger partial charge in [0.25, 0.3) is 5.91 Å². The van der Waals surface area contributed by atoms with Gasteiger partial charge in [0.05, 0.1) is 0 Å². The van der Waals surface area contributed by atoms with Gasteiger partial charge in [-0.15, -0.1) is 12.6 Å².